The predicted molar refractivity (Wildman–Crippen MR) is 54.2 cm³/mol. The molecule has 0 radical (unpaired) electrons. The highest BCUT2D eigenvalue weighted by atomic mass is 19.3. The van der Waals surface area contributed by atoms with Gasteiger partial charge in [-0.3, -0.25) is 4.79 Å². The lowest BCUT2D eigenvalue weighted by atomic mass is 10.1. The van der Waals surface area contributed by atoms with Gasteiger partial charge in [0, 0.05) is 6.61 Å². The van der Waals surface area contributed by atoms with Gasteiger partial charge in [-0.25, -0.2) is 8.78 Å². The van der Waals surface area contributed by atoms with Gasteiger partial charge in [0.05, 0.1) is 12.6 Å². The third kappa shape index (κ3) is 4.89. The van der Waals surface area contributed by atoms with Gasteiger partial charge in [0.1, 0.15) is 0 Å². The lowest BCUT2D eigenvalue weighted by Gasteiger charge is -2.24. The third-order valence-corrected chi connectivity index (χ3v) is 2.20. The van der Waals surface area contributed by atoms with E-state index >= 15 is 0 Å². The maximum absolute atomic E-state index is 12.7. The number of ether oxygens (including phenoxy) is 1. The minimum atomic E-state index is -4.67. The Morgan fingerprint density at radius 2 is 1.88 bits per heavy atom. The lowest BCUT2D eigenvalue weighted by molar-refractivity contribution is -0.170. The second kappa shape index (κ2) is 6.78. The summed E-state index contributed by atoms with van der Waals surface area (Å²) in [5, 5.41) is 1.88. The minimum absolute atomic E-state index is 0.0131. The van der Waals surface area contributed by atoms with E-state index in [1.54, 1.807) is 20.8 Å². The maximum atomic E-state index is 12.7. The van der Waals surface area contributed by atoms with Gasteiger partial charge in [0.2, 0.25) is 0 Å². The van der Waals surface area contributed by atoms with Crippen LogP contribution in [0.3, 0.4) is 0 Å². The molecule has 17 heavy (non-hydrogen) atoms. The SMILES string of the molecule is CCOCC(NC(=O)C(F)(F)C(F)F)C(C)C. The first-order chi connectivity index (χ1) is 7.73. The zero-order valence-corrected chi connectivity index (χ0v) is 9.97. The van der Waals surface area contributed by atoms with E-state index in [1.165, 1.54) is 0 Å². The van der Waals surface area contributed by atoms with Gasteiger partial charge in [-0.05, 0) is 12.8 Å². The van der Waals surface area contributed by atoms with Crippen LogP contribution in [0, 0.1) is 5.92 Å². The van der Waals surface area contributed by atoms with Crippen LogP contribution in [-0.4, -0.2) is 37.5 Å². The fraction of sp³-hybridized carbons (Fsp3) is 0.900. The molecule has 0 aliphatic rings. The molecule has 1 N–H and O–H groups in total. The van der Waals surface area contributed by atoms with Crippen molar-refractivity contribution >= 4 is 5.91 Å². The van der Waals surface area contributed by atoms with Crippen LogP contribution in [0.2, 0.25) is 0 Å². The van der Waals surface area contributed by atoms with Crippen molar-refractivity contribution in [3.8, 4) is 0 Å². The molecule has 0 fully saturated rings. The quantitative estimate of drug-likeness (QED) is 0.711. The summed E-state index contributed by atoms with van der Waals surface area (Å²) in [5.74, 6) is -6.83. The predicted octanol–water partition coefficient (Wildman–Crippen LogP) is 2.06. The zero-order valence-electron chi connectivity index (χ0n) is 9.97. The van der Waals surface area contributed by atoms with Crippen molar-refractivity contribution < 1.29 is 27.1 Å². The molecule has 0 saturated carbocycles. The van der Waals surface area contributed by atoms with Crippen molar-refractivity contribution in [1.82, 2.24) is 5.32 Å². The van der Waals surface area contributed by atoms with Crippen LogP contribution in [0.1, 0.15) is 20.8 Å². The number of nitrogens with one attached hydrogen (secondary N) is 1. The van der Waals surface area contributed by atoms with E-state index in [4.69, 9.17) is 4.74 Å². The zero-order chi connectivity index (χ0) is 13.6. The average molecular weight is 259 g/mol. The molecule has 0 aliphatic heterocycles. The fourth-order valence-corrected chi connectivity index (χ4v) is 1.01. The van der Waals surface area contributed by atoms with Gasteiger partial charge in [0.25, 0.3) is 5.91 Å². The molecule has 3 nitrogen and oxygen atoms in total. The van der Waals surface area contributed by atoms with E-state index in [1.807, 2.05) is 5.32 Å². The number of hydrogen-bond donors (Lipinski definition) is 1. The van der Waals surface area contributed by atoms with Gasteiger partial charge in [0.15, 0.2) is 0 Å². The van der Waals surface area contributed by atoms with Crippen molar-refractivity contribution in [2.75, 3.05) is 13.2 Å². The standard InChI is InChI=1S/C10H17F4NO2/c1-4-17-5-7(6(2)3)15-9(16)10(13,14)8(11)12/h6-8H,4-5H2,1-3H3,(H,15,16). The summed E-state index contributed by atoms with van der Waals surface area (Å²) in [6, 6.07) is -0.716. The molecular weight excluding hydrogens is 242 g/mol. The molecule has 0 spiro atoms. The molecule has 1 amide bonds. The molecule has 0 heterocycles. The van der Waals surface area contributed by atoms with Crippen molar-refractivity contribution in [3.63, 3.8) is 0 Å². The number of carbonyl (C=O) groups is 1. The van der Waals surface area contributed by atoms with Crippen LogP contribution in [0.4, 0.5) is 17.6 Å². The largest absolute Gasteiger partial charge is 0.383 e. The Kier molecular flexibility index (Phi) is 6.44. The first kappa shape index (κ1) is 16.1. The monoisotopic (exact) mass is 259 g/mol. The summed E-state index contributed by atoms with van der Waals surface area (Å²) in [7, 11) is 0. The Bertz CT molecular complexity index is 246. The number of hydrogen-bond acceptors (Lipinski definition) is 2. The van der Waals surface area contributed by atoms with Gasteiger partial charge < -0.3 is 10.1 Å². The van der Waals surface area contributed by atoms with E-state index in [0.29, 0.717) is 6.61 Å². The highest BCUT2D eigenvalue weighted by Gasteiger charge is 2.49. The molecule has 0 saturated heterocycles. The molecule has 0 aliphatic carbocycles. The molecule has 7 heteroatoms. The van der Waals surface area contributed by atoms with Gasteiger partial charge in [-0.15, -0.1) is 0 Å². The van der Waals surface area contributed by atoms with E-state index < -0.39 is 24.3 Å². The molecule has 1 atom stereocenters. The van der Waals surface area contributed by atoms with Crippen LogP contribution in [0.15, 0.2) is 0 Å². The van der Waals surface area contributed by atoms with Gasteiger partial charge in [-0.1, -0.05) is 13.8 Å². The van der Waals surface area contributed by atoms with Crippen LogP contribution in [0.5, 0.6) is 0 Å². The summed E-state index contributed by atoms with van der Waals surface area (Å²) in [6.07, 6.45) is -4.01. The van der Waals surface area contributed by atoms with Crippen molar-refractivity contribution in [1.29, 1.82) is 0 Å². The fourth-order valence-electron chi connectivity index (χ4n) is 1.01. The van der Waals surface area contributed by atoms with Crippen LogP contribution in [0.25, 0.3) is 0 Å². The molecule has 0 aromatic carbocycles. The Labute approximate surface area is 97.5 Å². The summed E-state index contributed by atoms with van der Waals surface area (Å²) in [5.41, 5.74) is 0. The molecule has 0 aromatic rings. The third-order valence-electron chi connectivity index (χ3n) is 2.20. The Hall–Kier alpha value is -0.850. The Morgan fingerprint density at radius 1 is 1.35 bits per heavy atom. The Morgan fingerprint density at radius 3 is 2.24 bits per heavy atom. The van der Waals surface area contributed by atoms with Crippen molar-refractivity contribution in [2.45, 2.75) is 39.2 Å². The highest BCUT2D eigenvalue weighted by molar-refractivity contribution is 5.84. The highest BCUT2D eigenvalue weighted by Crippen LogP contribution is 2.23. The van der Waals surface area contributed by atoms with Crippen LogP contribution < -0.4 is 5.32 Å². The lowest BCUT2D eigenvalue weighted by Crippen LogP contribution is -2.51. The molecule has 0 aromatic heterocycles. The number of alkyl halides is 4. The molecule has 102 valence electrons. The smallest absolute Gasteiger partial charge is 0.380 e. The second-order valence-corrected chi connectivity index (χ2v) is 3.91. The number of amides is 1. The van der Waals surface area contributed by atoms with E-state index in [9.17, 15) is 22.4 Å². The first-order valence-electron chi connectivity index (χ1n) is 5.28. The molecule has 0 bridgehead atoms. The summed E-state index contributed by atoms with van der Waals surface area (Å²) in [4.78, 5) is 11.0. The minimum Gasteiger partial charge on any atom is -0.380 e. The van der Waals surface area contributed by atoms with Crippen LogP contribution >= 0.6 is 0 Å². The number of carbonyl (C=O) groups excluding carboxylic acids is 1. The van der Waals surface area contributed by atoms with Gasteiger partial charge >= 0.3 is 12.3 Å². The topological polar surface area (TPSA) is 38.3 Å². The van der Waals surface area contributed by atoms with Crippen molar-refractivity contribution in [3.05, 3.63) is 0 Å². The Balaban J connectivity index is 4.50. The summed E-state index contributed by atoms with van der Waals surface area (Å²) < 4.78 is 54.2. The molecular formula is C10H17F4NO2. The second-order valence-electron chi connectivity index (χ2n) is 3.91. The molecule has 1 unspecified atom stereocenters. The van der Waals surface area contributed by atoms with E-state index in [2.05, 4.69) is 0 Å². The average Bonchev–Trinajstić information content (AvgIpc) is 2.22. The maximum Gasteiger partial charge on any atom is 0.383 e. The van der Waals surface area contributed by atoms with Gasteiger partial charge in [-0.2, -0.15) is 8.78 Å². The van der Waals surface area contributed by atoms with E-state index in [-0.39, 0.29) is 12.5 Å². The number of halogens is 4. The normalized spacial score (nSPS) is 14.2. The summed E-state index contributed by atoms with van der Waals surface area (Å²) >= 11 is 0. The van der Waals surface area contributed by atoms with Crippen LogP contribution in [-0.2, 0) is 9.53 Å². The van der Waals surface area contributed by atoms with Crippen molar-refractivity contribution in [2.24, 2.45) is 5.92 Å². The van der Waals surface area contributed by atoms with E-state index in [0.717, 1.165) is 0 Å². The number of rotatable bonds is 7. The first-order valence-corrected chi connectivity index (χ1v) is 5.28. The summed E-state index contributed by atoms with van der Waals surface area (Å²) in [6.45, 7) is 5.41. The molecule has 0 rings (SSSR count).